The molecule has 0 radical (unpaired) electrons. The highest BCUT2D eigenvalue weighted by atomic mass is 16.6. The normalized spacial score (nSPS) is 14.7. The number of carbonyl (C=O) groups is 4. The van der Waals surface area contributed by atoms with E-state index in [0.717, 1.165) is 17.9 Å². The molecule has 1 saturated heterocycles. The third-order valence-corrected chi connectivity index (χ3v) is 11.8. The fourth-order valence-electron chi connectivity index (χ4n) is 7.84. The summed E-state index contributed by atoms with van der Waals surface area (Å²) in [5.41, 5.74) is 0.908. The zero-order chi connectivity index (χ0) is 51.2. The van der Waals surface area contributed by atoms with Crippen molar-refractivity contribution in [1.29, 1.82) is 0 Å². The van der Waals surface area contributed by atoms with Crippen LogP contribution in [-0.2, 0) is 66.4 Å². The summed E-state index contributed by atoms with van der Waals surface area (Å²) in [4.78, 5) is 51.0. The molecule has 1 aromatic carbocycles. The number of unbranched alkanes of at least 4 members (excludes halogenated alkanes) is 13. The van der Waals surface area contributed by atoms with E-state index in [1.807, 2.05) is 0 Å². The maximum Gasteiger partial charge on any atom is 0.264 e. The molecule has 2 aliphatic heterocycles. The van der Waals surface area contributed by atoms with Gasteiger partial charge in [-0.2, -0.15) is 0 Å². The fraction of sp³-hybridized carbons (Fsp3) is 0.811. The minimum atomic E-state index is -1.01. The van der Waals surface area contributed by atoms with Crippen molar-refractivity contribution >= 4 is 29.3 Å². The van der Waals surface area contributed by atoms with Gasteiger partial charge in [0.05, 0.1) is 163 Å². The van der Waals surface area contributed by atoms with Crippen molar-refractivity contribution in [2.75, 3.05) is 170 Å². The number of anilines is 1. The first-order valence-electron chi connectivity index (χ1n) is 27.1. The number of rotatable bonds is 53. The fourth-order valence-corrected chi connectivity index (χ4v) is 7.84. The molecule has 19 nitrogen and oxygen atoms in total. The van der Waals surface area contributed by atoms with Crippen molar-refractivity contribution in [3.63, 3.8) is 0 Å². The van der Waals surface area contributed by atoms with Gasteiger partial charge in [-0.25, -0.2) is 0 Å². The predicted molar refractivity (Wildman–Crippen MR) is 272 cm³/mol. The Balaban J connectivity index is 0.919. The summed E-state index contributed by atoms with van der Waals surface area (Å²) in [6.07, 6.45) is 19.3. The third kappa shape index (κ3) is 30.9. The maximum atomic E-state index is 13.2. The second kappa shape index (κ2) is 45.2. The summed E-state index contributed by atoms with van der Waals surface area (Å²) < 4.78 is 66.7. The molecule has 0 saturated carbocycles. The molecule has 1 fully saturated rings. The SMILES string of the molecule is CCCCCCCCCCCCCCCCOCCOCCOCCOCCOCCOCCOCCOCCOCCOCCOCCOCCNc1cccc2c1C(=O)N(C1CCC(=O)NC1=O)C2=O. The van der Waals surface area contributed by atoms with Gasteiger partial charge in [0, 0.05) is 25.3 Å². The Morgan fingerprint density at radius 3 is 1.17 bits per heavy atom. The molecule has 1 unspecified atom stereocenters. The number of piperidine rings is 1. The monoisotopic (exact) mass is 1030 g/mol. The molecule has 1 aromatic rings. The minimum absolute atomic E-state index is 0.0649. The lowest BCUT2D eigenvalue weighted by Gasteiger charge is -2.27. The molecule has 2 heterocycles. The van der Waals surface area contributed by atoms with E-state index in [-0.39, 0.29) is 24.0 Å². The van der Waals surface area contributed by atoms with Gasteiger partial charge in [0.15, 0.2) is 0 Å². The molecule has 4 amide bonds. The number of ether oxygens (including phenoxy) is 12. The van der Waals surface area contributed by atoms with Gasteiger partial charge < -0.3 is 62.2 Å². The Morgan fingerprint density at radius 2 is 0.792 bits per heavy atom. The van der Waals surface area contributed by atoms with Crippen LogP contribution in [0.4, 0.5) is 5.69 Å². The highest BCUT2D eigenvalue weighted by molar-refractivity contribution is 6.25. The Labute approximate surface area is 429 Å². The highest BCUT2D eigenvalue weighted by Crippen LogP contribution is 2.32. The van der Waals surface area contributed by atoms with Crippen molar-refractivity contribution in [2.24, 2.45) is 0 Å². The quantitative estimate of drug-likeness (QED) is 0.0552. The molecule has 2 N–H and O–H groups in total. The summed E-state index contributed by atoms with van der Waals surface area (Å²) in [5, 5.41) is 5.34. The number of amides is 4. The number of imide groups is 2. The zero-order valence-electron chi connectivity index (χ0n) is 43.8. The van der Waals surface area contributed by atoms with Crippen LogP contribution in [-0.4, -0.2) is 200 Å². The van der Waals surface area contributed by atoms with E-state index in [2.05, 4.69) is 17.6 Å². The summed E-state index contributed by atoms with van der Waals surface area (Å²) in [5.74, 6) is -2.17. The van der Waals surface area contributed by atoms with Crippen LogP contribution in [0.15, 0.2) is 18.2 Å². The van der Waals surface area contributed by atoms with Gasteiger partial charge >= 0.3 is 0 Å². The largest absolute Gasteiger partial charge is 0.382 e. The number of nitrogens with one attached hydrogen (secondary N) is 2. The smallest absolute Gasteiger partial charge is 0.264 e. The maximum absolute atomic E-state index is 13.2. The Bertz CT molecular complexity index is 1530. The van der Waals surface area contributed by atoms with Crippen LogP contribution in [0, 0.1) is 0 Å². The first-order valence-corrected chi connectivity index (χ1v) is 27.1. The molecule has 3 rings (SSSR count). The Hall–Kier alpha value is -3.18. The molecule has 0 bridgehead atoms. The standard InChI is InChI=1S/C53H91N3O16/c1-2-3-4-5-6-7-8-9-10-11-12-13-14-15-22-61-24-26-63-28-30-65-32-34-67-36-38-69-40-42-71-44-45-72-43-41-70-39-37-68-35-33-66-31-29-64-27-25-62-23-21-54-47-18-16-17-46-50(47)53(60)56(52(46)59)48-19-20-49(57)55-51(48)58/h16-18,48,54H,2-15,19-45H2,1H3,(H,55,57,58). The third-order valence-electron chi connectivity index (χ3n) is 11.8. The van der Waals surface area contributed by atoms with Crippen LogP contribution in [0.2, 0.25) is 0 Å². The van der Waals surface area contributed by atoms with Gasteiger partial charge in [0.1, 0.15) is 6.04 Å². The average Bonchev–Trinajstić information content (AvgIpc) is 3.64. The van der Waals surface area contributed by atoms with Crippen LogP contribution in [0.1, 0.15) is 130 Å². The van der Waals surface area contributed by atoms with Crippen LogP contribution in [0.3, 0.4) is 0 Å². The lowest BCUT2D eigenvalue weighted by molar-refractivity contribution is -0.136. The Morgan fingerprint density at radius 1 is 0.444 bits per heavy atom. The van der Waals surface area contributed by atoms with Crippen molar-refractivity contribution in [2.45, 2.75) is 116 Å². The summed E-state index contributed by atoms with van der Waals surface area (Å²) in [7, 11) is 0. The second-order valence-corrected chi connectivity index (χ2v) is 17.5. The van der Waals surface area contributed by atoms with Gasteiger partial charge in [-0.1, -0.05) is 96.5 Å². The van der Waals surface area contributed by atoms with Crippen molar-refractivity contribution in [3.8, 4) is 0 Å². The number of hydrogen-bond donors (Lipinski definition) is 2. The summed E-state index contributed by atoms with van der Waals surface area (Å²) >= 11 is 0. The summed E-state index contributed by atoms with van der Waals surface area (Å²) in [6.45, 7) is 14.5. The number of hydrogen-bond acceptors (Lipinski definition) is 17. The van der Waals surface area contributed by atoms with Gasteiger partial charge in [-0.05, 0) is 25.0 Å². The first-order chi connectivity index (χ1) is 35.5. The number of benzene rings is 1. The van der Waals surface area contributed by atoms with Crippen molar-refractivity contribution < 1.29 is 76.0 Å². The van der Waals surface area contributed by atoms with Crippen LogP contribution in [0.25, 0.3) is 0 Å². The predicted octanol–water partition coefficient (Wildman–Crippen LogP) is 6.18. The highest BCUT2D eigenvalue weighted by Gasteiger charge is 2.45. The number of fused-ring (bicyclic) bond motifs is 1. The molecular formula is C53H91N3O16. The van der Waals surface area contributed by atoms with E-state index in [1.165, 1.54) is 83.5 Å². The van der Waals surface area contributed by atoms with E-state index in [4.69, 9.17) is 56.8 Å². The van der Waals surface area contributed by atoms with E-state index in [0.29, 0.717) is 164 Å². The minimum Gasteiger partial charge on any atom is -0.382 e. The van der Waals surface area contributed by atoms with Crippen LogP contribution < -0.4 is 10.6 Å². The number of carbonyl (C=O) groups excluding carboxylic acids is 4. The van der Waals surface area contributed by atoms with Gasteiger partial charge in [0.2, 0.25) is 11.8 Å². The molecule has 0 aliphatic carbocycles. The van der Waals surface area contributed by atoms with E-state index in [1.54, 1.807) is 18.2 Å². The van der Waals surface area contributed by atoms with E-state index in [9.17, 15) is 19.2 Å². The lowest BCUT2D eigenvalue weighted by Crippen LogP contribution is -2.54. The van der Waals surface area contributed by atoms with Crippen LogP contribution in [0.5, 0.6) is 0 Å². The van der Waals surface area contributed by atoms with Crippen molar-refractivity contribution in [1.82, 2.24) is 10.2 Å². The molecule has 414 valence electrons. The topological polar surface area (TPSA) is 206 Å². The van der Waals surface area contributed by atoms with Gasteiger partial charge in [-0.15, -0.1) is 0 Å². The molecular weight excluding hydrogens is 935 g/mol. The second-order valence-electron chi connectivity index (χ2n) is 17.5. The Kier molecular flexibility index (Phi) is 39.6. The van der Waals surface area contributed by atoms with Gasteiger partial charge in [-0.3, -0.25) is 29.4 Å². The van der Waals surface area contributed by atoms with Gasteiger partial charge in [0.25, 0.3) is 11.8 Å². The van der Waals surface area contributed by atoms with Crippen LogP contribution >= 0.6 is 0 Å². The van der Waals surface area contributed by atoms with E-state index < -0.39 is 29.7 Å². The van der Waals surface area contributed by atoms with Crippen molar-refractivity contribution in [3.05, 3.63) is 29.3 Å². The number of nitrogens with zero attached hydrogens (tertiary/aromatic N) is 1. The molecule has 19 heteroatoms. The molecule has 0 aromatic heterocycles. The first kappa shape index (κ1) is 63.1. The summed E-state index contributed by atoms with van der Waals surface area (Å²) in [6, 6.07) is 3.91. The molecule has 1 atom stereocenters. The molecule has 2 aliphatic rings. The average molecular weight is 1030 g/mol. The van der Waals surface area contributed by atoms with E-state index >= 15 is 0 Å². The zero-order valence-corrected chi connectivity index (χ0v) is 43.8. The molecule has 72 heavy (non-hydrogen) atoms. The molecule has 0 spiro atoms. The lowest BCUT2D eigenvalue weighted by atomic mass is 10.0.